The van der Waals surface area contributed by atoms with Gasteiger partial charge in [-0.2, -0.15) is 0 Å². The van der Waals surface area contributed by atoms with Gasteiger partial charge >= 0.3 is 0 Å². The fourth-order valence-corrected chi connectivity index (χ4v) is 5.92. The number of halogens is 2. The topological polar surface area (TPSA) is 105 Å². The summed E-state index contributed by atoms with van der Waals surface area (Å²) in [6.07, 6.45) is 0. The Bertz CT molecular complexity index is 1600. The summed E-state index contributed by atoms with van der Waals surface area (Å²) < 4.78 is 24.8. The number of hydrogen-bond donors (Lipinski definition) is 2. The Kier molecular flexibility index (Phi) is 8.52. The van der Waals surface area contributed by atoms with E-state index in [4.69, 9.17) is 23.2 Å². The van der Waals surface area contributed by atoms with Crippen molar-refractivity contribution in [2.24, 2.45) is 0 Å². The van der Waals surface area contributed by atoms with E-state index < -0.39 is 26.9 Å². The van der Waals surface area contributed by atoms with Crippen LogP contribution in [0.1, 0.15) is 24.2 Å². The SMILES string of the molecule is CC(C)S(=O)(=O)c1cccc(C(=O)NCC(=O)Nc2nc(-c3cccc(-c4cc(Cl)cc(Cl)c4)c3)cs2)c1. The van der Waals surface area contributed by atoms with Crippen molar-refractivity contribution in [3.8, 4) is 22.4 Å². The Morgan fingerprint density at radius 3 is 2.32 bits per heavy atom. The van der Waals surface area contributed by atoms with Gasteiger partial charge in [0, 0.05) is 26.6 Å². The highest BCUT2D eigenvalue weighted by Crippen LogP contribution is 2.31. The number of sulfone groups is 1. The number of nitrogens with zero attached hydrogens (tertiary/aromatic N) is 1. The number of anilines is 1. The summed E-state index contributed by atoms with van der Waals surface area (Å²) in [4.78, 5) is 29.5. The van der Waals surface area contributed by atoms with Crippen LogP contribution in [0.5, 0.6) is 0 Å². The van der Waals surface area contributed by atoms with Crippen molar-refractivity contribution in [1.82, 2.24) is 10.3 Å². The minimum atomic E-state index is -3.53. The smallest absolute Gasteiger partial charge is 0.251 e. The first-order chi connectivity index (χ1) is 18.0. The standard InChI is InChI=1S/C27H23Cl2N3O4S2/c1-16(2)38(35,36)23-8-4-7-19(12-23)26(34)30-14-25(33)32-27-31-24(15-37-27)18-6-3-5-17(9-18)20-10-21(28)13-22(29)11-20/h3-13,15-16H,14H2,1-2H3,(H,30,34)(H,31,32,33). The van der Waals surface area contributed by atoms with Gasteiger partial charge in [-0.3, -0.25) is 9.59 Å². The van der Waals surface area contributed by atoms with Crippen LogP contribution in [0.4, 0.5) is 5.13 Å². The van der Waals surface area contributed by atoms with Crippen molar-refractivity contribution in [2.75, 3.05) is 11.9 Å². The normalized spacial score (nSPS) is 11.4. The minimum absolute atomic E-state index is 0.0578. The molecule has 0 saturated heterocycles. The average Bonchev–Trinajstić information content (AvgIpc) is 3.35. The third-order valence-corrected chi connectivity index (χ3v) is 8.91. The number of aromatic nitrogens is 1. The van der Waals surface area contributed by atoms with Gasteiger partial charge in [-0.25, -0.2) is 13.4 Å². The van der Waals surface area contributed by atoms with Gasteiger partial charge in [0.05, 0.1) is 22.4 Å². The van der Waals surface area contributed by atoms with Crippen molar-refractivity contribution in [3.63, 3.8) is 0 Å². The maximum absolute atomic E-state index is 12.5. The molecule has 196 valence electrons. The van der Waals surface area contributed by atoms with Gasteiger partial charge in [0.15, 0.2) is 15.0 Å². The second-order valence-electron chi connectivity index (χ2n) is 8.63. The molecule has 3 aromatic carbocycles. The van der Waals surface area contributed by atoms with E-state index in [0.29, 0.717) is 20.9 Å². The fraction of sp³-hybridized carbons (Fsp3) is 0.148. The zero-order valence-corrected chi connectivity index (χ0v) is 23.5. The zero-order chi connectivity index (χ0) is 27.4. The molecule has 0 aliphatic rings. The number of nitrogens with one attached hydrogen (secondary N) is 2. The van der Waals surface area contributed by atoms with E-state index in [-0.39, 0.29) is 17.0 Å². The van der Waals surface area contributed by atoms with Crippen molar-refractivity contribution >= 4 is 61.3 Å². The first-order valence-electron chi connectivity index (χ1n) is 11.5. The number of carbonyl (C=O) groups is 2. The van der Waals surface area contributed by atoms with Crippen LogP contribution < -0.4 is 10.6 Å². The van der Waals surface area contributed by atoms with Gasteiger partial charge in [-0.05, 0) is 67.4 Å². The molecule has 0 fully saturated rings. The number of hydrogen-bond acceptors (Lipinski definition) is 6. The molecule has 7 nitrogen and oxygen atoms in total. The van der Waals surface area contributed by atoms with Gasteiger partial charge in [0.2, 0.25) is 5.91 Å². The maximum atomic E-state index is 12.5. The van der Waals surface area contributed by atoms with Crippen LogP contribution in [0.25, 0.3) is 22.4 Å². The van der Waals surface area contributed by atoms with Gasteiger partial charge < -0.3 is 10.6 Å². The Hall–Kier alpha value is -3.24. The molecule has 2 N–H and O–H groups in total. The lowest BCUT2D eigenvalue weighted by Gasteiger charge is -2.10. The van der Waals surface area contributed by atoms with Crippen molar-refractivity contribution < 1.29 is 18.0 Å². The minimum Gasteiger partial charge on any atom is -0.343 e. The summed E-state index contributed by atoms with van der Waals surface area (Å²) in [5.74, 6) is -1.02. The summed E-state index contributed by atoms with van der Waals surface area (Å²) in [6, 6.07) is 18.8. The highest BCUT2D eigenvalue weighted by Gasteiger charge is 2.20. The Morgan fingerprint density at radius 2 is 1.61 bits per heavy atom. The number of benzene rings is 3. The molecule has 4 aromatic rings. The largest absolute Gasteiger partial charge is 0.343 e. The predicted molar refractivity (Wildman–Crippen MR) is 153 cm³/mol. The molecule has 38 heavy (non-hydrogen) atoms. The van der Waals surface area contributed by atoms with Crippen LogP contribution in [0, 0.1) is 0 Å². The molecule has 0 aliphatic heterocycles. The molecular weight excluding hydrogens is 565 g/mol. The van der Waals surface area contributed by atoms with Crippen molar-refractivity contribution in [2.45, 2.75) is 24.0 Å². The lowest BCUT2D eigenvalue weighted by molar-refractivity contribution is -0.115. The first kappa shape index (κ1) is 27.8. The number of rotatable bonds is 8. The lowest BCUT2D eigenvalue weighted by Crippen LogP contribution is -2.33. The summed E-state index contributed by atoms with van der Waals surface area (Å²) in [6.45, 7) is 2.84. The van der Waals surface area contributed by atoms with Gasteiger partial charge in [-0.15, -0.1) is 11.3 Å². The third-order valence-electron chi connectivity index (χ3n) is 5.56. The van der Waals surface area contributed by atoms with E-state index in [1.165, 1.54) is 35.6 Å². The van der Waals surface area contributed by atoms with Crippen LogP contribution in [-0.2, 0) is 14.6 Å². The third kappa shape index (κ3) is 6.60. The van der Waals surface area contributed by atoms with Crippen molar-refractivity contribution in [3.05, 3.63) is 87.7 Å². The quantitative estimate of drug-likeness (QED) is 0.250. The average molecular weight is 589 g/mol. The van der Waals surface area contributed by atoms with E-state index >= 15 is 0 Å². The van der Waals surface area contributed by atoms with Crippen molar-refractivity contribution in [1.29, 1.82) is 0 Å². The van der Waals surface area contributed by atoms with Crippen LogP contribution in [-0.4, -0.2) is 37.0 Å². The number of thiazole rings is 1. The van der Waals surface area contributed by atoms with Crippen LogP contribution in [0.3, 0.4) is 0 Å². The second-order valence-corrected chi connectivity index (χ2v) is 12.9. The van der Waals surface area contributed by atoms with Crippen LogP contribution >= 0.6 is 34.5 Å². The van der Waals surface area contributed by atoms with Gasteiger partial charge in [-0.1, -0.05) is 47.5 Å². The van der Waals surface area contributed by atoms with E-state index in [9.17, 15) is 18.0 Å². The highest BCUT2D eigenvalue weighted by atomic mass is 35.5. The molecule has 0 saturated carbocycles. The molecule has 1 aromatic heterocycles. The summed E-state index contributed by atoms with van der Waals surface area (Å²) in [5, 5.41) is 7.84. The molecule has 0 aliphatic carbocycles. The first-order valence-corrected chi connectivity index (χ1v) is 14.7. The molecule has 2 amide bonds. The monoisotopic (exact) mass is 587 g/mol. The molecule has 1 heterocycles. The Balaban J connectivity index is 1.39. The zero-order valence-electron chi connectivity index (χ0n) is 20.4. The maximum Gasteiger partial charge on any atom is 0.251 e. The number of carbonyl (C=O) groups excluding carboxylic acids is 2. The molecule has 0 spiro atoms. The summed E-state index contributed by atoms with van der Waals surface area (Å²) in [7, 11) is -3.53. The molecule has 0 atom stereocenters. The van der Waals surface area contributed by atoms with E-state index in [1.807, 2.05) is 41.8 Å². The molecule has 0 bridgehead atoms. The molecule has 0 unspecified atom stereocenters. The van der Waals surface area contributed by atoms with Crippen LogP contribution in [0.15, 0.2) is 77.0 Å². The van der Waals surface area contributed by atoms with Gasteiger partial charge in [0.1, 0.15) is 0 Å². The van der Waals surface area contributed by atoms with Gasteiger partial charge in [0.25, 0.3) is 5.91 Å². The van der Waals surface area contributed by atoms with E-state index in [0.717, 1.165) is 16.7 Å². The highest BCUT2D eigenvalue weighted by molar-refractivity contribution is 7.92. The van der Waals surface area contributed by atoms with Crippen LogP contribution in [0.2, 0.25) is 10.0 Å². The molecule has 0 radical (unpaired) electrons. The second kappa shape index (κ2) is 11.7. The Morgan fingerprint density at radius 1 is 0.921 bits per heavy atom. The molecular formula is C27H23Cl2N3O4S2. The molecule has 4 rings (SSSR count). The van der Waals surface area contributed by atoms with E-state index in [1.54, 1.807) is 19.9 Å². The summed E-state index contributed by atoms with van der Waals surface area (Å²) >= 11 is 13.5. The lowest BCUT2D eigenvalue weighted by atomic mass is 10.0. The van der Waals surface area contributed by atoms with E-state index in [2.05, 4.69) is 15.6 Å². The number of amides is 2. The predicted octanol–water partition coefficient (Wildman–Crippen LogP) is 6.33. The molecule has 11 heteroatoms. The summed E-state index contributed by atoms with van der Waals surface area (Å²) in [5.41, 5.74) is 3.46. The Labute approximate surface area is 234 Å². The fourth-order valence-electron chi connectivity index (χ4n) is 3.55.